The Bertz CT molecular complexity index is 1480. The molecule has 1 aromatic heterocycles. The van der Waals surface area contributed by atoms with E-state index in [0.717, 1.165) is 56.4 Å². The summed E-state index contributed by atoms with van der Waals surface area (Å²) in [6, 6.07) is 10.7. The second-order valence-electron chi connectivity index (χ2n) is 9.42. The van der Waals surface area contributed by atoms with Gasteiger partial charge in [0.15, 0.2) is 23.2 Å². The number of carbonyl (C=O) groups is 1. The number of hydrogen-bond donors (Lipinski definition) is 1. The van der Waals surface area contributed by atoms with Gasteiger partial charge in [-0.1, -0.05) is 42.5 Å². The van der Waals surface area contributed by atoms with Crippen LogP contribution in [0.4, 0.5) is 13.2 Å². The Hall–Kier alpha value is -3.23. The number of rotatable bonds is 7. The molecule has 4 aromatic rings. The summed E-state index contributed by atoms with van der Waals surface area (Å²) in [5, 5.41) is 9.54. The minimum atomic E-state index is -1.32. The van der Waals surface area contributed by atoms with Crippen molar-refractivity contribution in [2.45, 2.75) is 38.1 Å². The number of hydrogen-bond acceptors (Lipinski definition) is 3. The van der Waals surface area contributed by atoms with E-state index in [9.17, 15) is 23.1 Å². The fraction of sp³-hybridized carbons (Fsp3) is 0.286. The quantitative estimate of drug-likeness (QED) is 0.246. The summed E-state index contributed by atoms with van der Waals surface area (Å²) < 4.78 is 51.3. The Kier molecular flexibility index (Phi) is 7.54. The smallest absolute Gasteiger partial charge is 0.335 e. The molecule has 0 unspecified atom stereocenters. The minimum absolute atomic E-state index is 0.0568. The summed E-state index contributed by atoms with van der Waals surface area (Å²) >= 11 is 12.3. The normalized spacial score (nSPS) is 15.1. The zero-order valence-corrected chi connectivity index (χ0v) is 21.6. The Morgan fingerprint density at radius 1 is 1.00 bits per heavy atom. The van der Waals surface area contributed by atoms with E-state index in [0.29, 0.717) is 21.9 Å². The van der Waals surface area contributed by atoms with Crippen molar-refractivity contribution in [3.63, 3.8) is 0 Å². The molecule has 0 aliphatic heterocycles. The van der Waals surface area contributed by atoms with Crippen molar-refractivity contribution < 1.29 is 27.8 Å². The standard InChI is InChI=1S/C28H23Cl2F3N2O3/c29-18-8-6-16(7-9-18)27-34-23-12-20(31)21(32)13-24(23)35(27)25(15-4-2-1-3-5-15)14-38-26-19(30)10-17(28(36)37)11-22(26)33/h6-13,15,25H,1-5,14H2,(H,36,37)/t25-/m1/s1. The molecule has 1 saturated carbocycles. The molecule has 1 heterocycles. The van der Waals surface area contributed by atoms with Gasteiger partial charge in [-0.15, -0.1) is 0 Å². The molecule has 1 N–H and O–H groups in total. The maximum atomic E-state index is 14.8. The lowest BCUT2D eigenvalue weighted by molar-refractivity contribution is 0.0696. The lowest BCUT2D eigenvalue weighted by Gasteiger charge is -2.33. The third kappa shape index (κ3) is 5.20. The Morgan fingerprint density at radius 2 is 1.68 bits per heavy atom. The number of fused-ring (bicyclic) bond motifs is 1. The van der Waals surface area contributed by atoms with Gasteiger partial charge in [-0.05, 0) is 55.2 Å². The molecule has 0 saturated heterocycles. The molecule has 1 atom stereocenters. The van der Waals surface area contributed by atoms with Gasteiger partial charge in [0.05, 0.1) is 27.7 Å². The summed E-state index contributed by atoms with van der Waals surface area (Å²) in [4.78, 5) is 15.9. The summed E-state index contributed by atoms with van der Waals surface area (Å²) in [7, 11) is 0. The van der Waals surface area contributed by atoms with Crippen LogP contribution in [0.3, 0.4) is 0 Å². The van der Waals surface area contributed by atoms with Gasteiger partial charge < -0.3 is 14.4 Å². The van der Waals surface area contributed by atoms with E-state index >= 15 is 0 Å². The van der Waals surface area contributed by atoms with Crippen LogP contribution in [0.15, 0.2) is 48.5 Å². The molecule has 1 fully saturated rings. The lowest BCUT2D eigenvalue weighted by Crippen LogP contribution is -2.28. The first-order chi connectivity index (χ1) is 18.2. The zero-order valence-electron chi connectivity index (χ0n) is 20.1. The zero-order chi connectivity index (χ0) is 27.0. The van der Waals surface area contributed by atoms with Crippen LogP contribution >= 0.6 is 23.2 Å². The van der Waals surface area contributed by atoms with Gasteiger partial charge >= 0.3 is 5.97 Å². The fourth-order valence-corrected chi connectivity index (χ4v) is 5.55. The highest BCUT2D eigenvalue weighted by Crippen LogP contribution is 2.40. The van der Waals surface area contributed by atoms with E-state index in [4.69, 9.17) is 27.9 Å². The van der Waals surface area contributed by atoms with Crippen LogP contribution in [-0.2, 0) is 0 Å². The second-order valence-corrected chi connectivity index (χ2v) is 10.3. The molecule has 38 heavy (non-hydrogen) atoms. The molecule has 0 bridgehead atoms. The van der Waals surface area contributed by atoms with Gasteiger partial charge in [-0.25, -0.2) is 22.9 Å². The molecule has 5 rings (SSSR count). The van der Waals surface area contributed by atoms with E-state index in [-0.39, 0.29) is 34.4 Å². The van der Waals surface area contributed by atoms with Crippen molar-refractivity contribution in [2.75, 3.05) is 6.61 Å². The predicted molar refractivity (Wildman–Crippen MR) is 140 cm³/mol. The molecule has 0 amide bonds. The number of nitrogens with zero attached hydrogens (tertiary/aromatic N) is 2. The number of imidazole rings is 1. The van der Waals surface area contributed by atoms with E-state index in [1.54, 1.807) is 24.3 Å². The number of carboxylic acids is 1. The number of aromatic nitrogens is 2. The highest BCUT2D eigenvalue weighted by atomic mass is 35.5. The number of benzene rings is 3. The van der Waals surface area contributed by atoms with Gasteiger partial charge in [0, 0.05) is 22.7 Å². The van der Waals surface area contributed by atoms with Crippen molar-refractivity contribution in [3.8, 4) is 17.1 Å². The Labute approximate surface area is 226 Å². The fourth-order valence-electron chi connectivity index (χ4n) is 5.16. The molecule has 3 aromatic carbocycles. The van der Waals surface area contributed by atoms with Crippen LogP contribution in [0.25, 0.3) is 22.4 Å². The van der Waals surface area contributed by atoms with Crippen LogP contribution in [0.5, 0.6) is 5.75 Å². The largest absolute Gasteiger partial charge is 0.487 e. The molecule has 1 aliphatic rings. The van der Waals surface area contributed by atoms with Gasteiger partial charge in [0.1, 0.15) is 12.4 Å². The van der Waals surface area contributed by atoms with E-state index < -0.39 is 29.5 Å². The third-order valence-corrected chi connectivity index (χ3v) is 7.54. The Balaban J connectivity index is 1.63. The minimum Gasteiger partial charge on any atom is -0.487 e. The summed E-state index contributed by atoms with van der Waals surface area (Å²) in [6.07, 6.45) is 4.75. The lowest BCUT2D eigenvalue weighted by atomic mass is 9.83. The SMILES string of the molecule is O=C(O)c1cc(F)c(OC[C@H](C2CCCCC2)n2c(-c3ccc(Cl)cc3)nc3cc(F)c(F)cc32)c(Cl)c1. The van der Waals surface area contributed by atoms with Crippen molar-refractivity contribution in [3.05, 3.63) is 81.6 Å². The molecule has 5 nitrogen and oxygen atoms in total. The van der Waals surface area contributed by atoms with E-state index in [1.165, 1.54) is 0 Å². The van der Waals surface area contributed by atoms with Crippen LogP contribution in [0, 0.1) is 23.4 Å². The molecule has 0 spiro atoms. The van der Waals surface area contributed by atoms with Crippen LogP contribution < -0.4 is 4.74 Å². The average molecular weight is 563 g/mol. The maximum absolute atomic E-state index is 14.8. The first kappa shape index (κ1) is 26.4. The second kappa shape index (κ2) is 10.9. The molecule has 10 heteroatoms. The number of aromatic carboxylic acids is 1. The average Bonchev–Trinajstić information content (AvgIpc) is 3.24. The highest BCUT2D eigenvalue weighted by Gasteiger charge is 2.31. The number of carboxylic acid groups (broad SMARTS) is 1. The third-order valence-electron chi connectivity index (χ3n) is 7.00. The van der Waals surface area contributed by atoms with Gasteiger partial charge in [-0.3, -0.25) is 0 Å². The highest BCUT2D eigenvalue weighted by molar-refractivity contribution is 6.32. The summed E-state index contributed by atoms with van der Waals surface area (Å²) in [6.45, 7) is -0.0568. The van der Waals surface area contributed by atoms with Crippen LogP contribution in [0.1, 0.15) is 48.5 Å². The van der Waals surface area contributed by atoms with Crippen molar-refractivity contribution in [1.29, 1.82) is 0 Å². The van der Waals surface area contributed by atoms with Crippen molar-refractivity contribution in [2.24, 2.45) is 5.92 Å². The van der Waals surface area contributed by atoms with Gasteiger partial charge in [-0.2, -0.15) is 0 Å². The van der Waals surface area contributed by atoms with Gasteiger partial charge in [0.25, 0.3) is 0 Å². The number of halogens is 5. The van der Waals surface area contributed by atoms with Crippen molar-refractivity contribution in [1.82, 2.24) is 9.55 Å². The molecular weight excluding hydrogens is 540 g/mol. The van der Waals surface area contributed by atoms with Crippen molar-refractivity contribution >= 4 is 40.2 Å². The van der Waals surface area contributed by atoms with E-state index in [2.05, 4.69) is 4.98 Å². The summed E-state index contributed by atoms with van der Waals surface area (Å²) in [5.74, 6) is -3.98. The van der Waals surface area contributed by atoms with Gasteiger partial charge in [0.2, 0.25) is 0 Å². The number of ether oxygens (including phenoxy) is 1. The predicted octanol–water partition coefficient (Wildman–Crippen LogP) is 8.33. The molecule has 1 aliphatic carbocycles. The summed E-state index contributed by atoms with van der Waals surface area (Å²) in [5.41, 5.74) is 1.03. The topological polar surface area (TPSA) is 64.3 Å². The Morgan fingerprint density at radius 3 is 2.34 bits per heavy atom. The monoisotopic (exact) mass is 562 g/mol. The first-order valence-corrected chi connectivity index (χ1v) is 13.0. The van der Waals surface area contributed by atoms with Crippen LogP contribution in [-0.4, -0.2) is 27.2 Å². The molecule has 198 valence electrons. The van der Waals surface area contributed by atoms with E-state index in [1.807, 2.05) is 4.57 Å². The molecule has 0 radical (unpaired) electrons. The first-order valence-electron chi connectivity index (χ1n) is 12.2. The maximum Gasteiger partial charge on any atom is 0.335 e. The van der Waals surface area contributed by atoms with Crippen LogP contribution in [0.2, 0.25) is 10.0 Å². The molecular formula is C28H23Cl2F3N2O3.